The second-order valence-electron chi connectivity index (χ2n) is 5.60. The smallest absolute Gasteiger partial charge is 0.0741 e. The molecule has 0 unspecified atom stereocenters. The van der Waals surface area contributed by atoms with Crippen molar-refractivity contribution in [2.45, 2.75) is 27.7 Å². The zero-order valence-electron chi connectivity index (χ0n) is 12.5. The second-order valence-corrected chi connectivity index (χ2v) is 5.60. The van der Waals surface area contributed by atoms with Gasteiger partial charge in [0.1, 0.15) is 0 Å². The van der Waals surface area contributed by atoms with Crippen LogP contribution in [0.5, 0.6) is 0 Å². The molecule has 3 rings (SSSR count). The van der Waals surface area contributed by atoms with Gasteiger partial charge in [-0.05, 0) is 62.6 Å². The summed E-state index contributed by atoms with van der Waals surface area (Å²) in [7, 11) is 0. The normalized spacial score (nSPS) is 11.0. The molecule has 0 amide bonds. The number of hydrogen-bond donors (Lipinski definition) is 0. The van der Waals surface area contributed by atoms with Gasteiger partial charge in [-0.3, -0.25) is 0 Å². The summed E-state index contributed by atoms with van der Waals surface area (Å²) in [6.07, 6.45) is 0. The molecule has 0 saturated carbocycles. The van der Waals surface area contributed by atoms with Crippen molar-refractivity contribution >= 4 is 10.9 Å². The lowest BCUT2D eigenvalue weighted by Crippen LogP contribution is -1.94. The molecule has 2 aromatic carbocycles. The fraction of sp³-hybridized carbons (Fsp3) is 0.211. The Bertz CT molecular complexity index is 800. The molecule has 0 N–H and O–H groups in total. The number of rotatable bonds is 1. The molecule has 1 heteroatoms. The van der Waals surface area contributed by atoms with E-state index in [4.69, 9.17) is 4.98 Å². The third kappa shape index (κ3) is 2.09. The van der Waals surface area contributed by atoms with Crippen LogP contribution in [0.25, 0.3) is 22.2 Å². The maximum Gasteiger partial charge on any atom is 0.0741 e. The lowest BCUT2D eigenvalue weighted by Gasteiger charge is -2.12. The van der Waals surface area contributed by atoms with Crippen LogP contribution in [0.2, 0.25) is 0 Å². The van der Waals surface area contributed by atoms with Crippen molar-refractivity contribution in [1.29, 1.82) is 0 Å². The molecule has 0 aliphatic heterocycles. The average Bonchev–Trinajstić information content (AvgIpc) is 2.41. The van der Waals surface area contributed by atoms with Crippen molar-refractivity contribution in [3.63, 3.8) is 0 Å². The fourth-order valence-corrected chi connectivity index (χ4v) is 2.68. The van der Waals surface area contributed by atoms with E-state index in [1.165, 1.54) is 33.2 Å². The van der Waals surface area contributed by atoms with Crippen LogP contribution in [0.4, 0.5) is 0 Å². The summed E-state index contributed by atoms with van der Waals surface area (Å²) >= 11 is 0. The third-order valence-corrected chi connectivity index (χ3v) is 4.02. The quantitative estimate of drug-likeness (QED) is 0.591. The number of fused-ring (bicyclic) bond motifs is 1. The lowest BCUT2D eigenvalue weighted by atomic mass is 9.97. The van der Waals surface area contributed by atoms with Crippen LogP contribution in [0.1, 0.15) is 22.3 Å². The second kappa shape index (κ2) is 4.75. The predicted octanol–water partition coefficient (Wildman–Crippen LogP) is 5.14. The van der Waals surface area contributed by atoms with Gasteiger partial charge in [-0.15, -0.1) is 0 Å². The molecule has 0 saturated heterocycles. The highest BCUT2D eigenvalue weighted by Gasteiger charge is 2.09. The Morgan fingerprint density at radius 1 is 0.800 bits per heavy atom. The maximum absolute atomic E-state index is 4.89. The first-order valence-corrected chi connectivity index (χ1v) is 7.01. The molecular formula is C19H19N. The minimum Gasteiger partial charge on any atom is -0.248 e. The molecular weight excluding hydrogens is 242 g/mol. The molecule has 0 aliphatic carbocycles. The van der Waals surface area contributed by atoms with Gasteiger partial charge in [-0.25, -0.2) is 4.98 Å². The summed E-state index contributed by atoms with van der Waals surface area (Å²) in [5.74, 6) is 0. The molecule has 0 fully saturated rings. The van der Waals surface area contributed by atoms with Gasteiger partial charge in [0.15, 0.2) is 0 Å². The minimum absolute atomic E-state index is 1.07. The first-order valence-electron chi connectivity index (χ1n) is 7.01. The van der Waals surface area contributed by atoms with Crippen LogP contribution < -0.4 is 0 Å². The molecule has 0 radical (unpaired) electrons. The Morgan fingerprint density at radius 2 is 1.60 bits per heavy atom. The van der Waals surface area contributed by atoms with Crippen molar-refractivity contribution in [1.82, 2.24) is 4.98 Å². The Hall–Kier alpha value is -2.15. The van der Waals surface area contributed by atoms with Gasteiger partial charge in [-0.1, -0.05) is 29.8 Å². The van der Waals surface area contributed by atoms with E-state index in [1.807, 2.05) is 0 Å². The van der Waals surface area contributed by atoms with E-state index < -0.39 is 0 Å². The van der Waals surface area contributed by atoms with E-state index in [1.54, 1.807) is 0 Å². The number of nitrogens with zero attached hydrogens (tertiary/aromatic N) is 1. The van der Waals surface area contributed by atoms with Gasteiger partial charge in [0, 0.05) is 10.9 Å². The van der Waals surface area contributed by atoms with Gasteiger partial charge in [0.05, 0.1) is 11.2 Å². The first kappa shape index (κ1) is 12.9. The highest BCUT2D eigenvalue weighted by atomic mass is 14.7. The summed E-state index contributed by atoms with van der Waals surface area (Å²) in [5.41, 5.74) is 8.54. The molecule has 0 spiro atoms. The van der Waals surface area contributed by atoms with Gasteiger partial charge in [0.2, 0.25) is 0 Å². The van der Waals surface area contributed by atoms with E-state index in [-0.39, 0.29) is 0 Å². The van der Waals surface area contributed by atoms with Gasteiger partial charge in [-0.2, -0.15) is 0 Å². The van der Waals surface area contributed by atoms with Gasteiger partial charge >= 0.3 is 0 Å². The lowest BCUT2D eigenvalue weighted by molar-refractivity contribution is 1.27. The summed E-state index contributed by atoms with van der Waals surface area (Å²) < 4.78 is 0. The molecule has 20 heavy (non-hydrogen) atoms. The number of aryl methyl sites for hydroxylation is 3. The van der Waals surface area contributed by atoms with Crippen molar-refractivity contribution in [3.05, 3.63) is 64.7 Å². The zero-order chi connectivity index (χ0) is 14.3. The van der Waals surface area contributed by atoms with Crippen LogP contribution in [0, 0.1) is 27.7 Å². The Kier molecular flexibility index (Phi) is 3.06. The molecule has 0 bridgehead atoms. The van der Waals surface area contributed by atoms with Crippen molar-refractivity contribution in [2.75, 3.05) is 0 Å². The monoisotopic (exact) mass is 261 g/mol. The van der Waals surface area contributed by atoms with Crippen LogP contribution in [-0.2, 0) is 0 Å². The average molecular weight is 261 g/mol. The van der Waals surface area contributed by atoms with E-state index in [0.29, 0.717) is 0 Å². The number of aromatic nitrogens is 1. The van der Waals surface area contributed by atoms with Crippen molar-refractivity contribution < 1.29 is 0 Å². The van der Waals surface area contributed by atoms with Crippen LogP contribution >= 0.6 is 0 Å². The minimum atomic E-state index is 1.07. The molecule has 100 valence electrons. The predicted molar refractivity (Wildman–Crippen MR) is 86.1 cm³/mol. The number of benzene rings is 2. The maximum atomic E-state index is 4.89. The number of hydrogen-bond acceptors (Lipinski definition) is 1. The Labute approximate surface area is 120 Å². The molecule has 1 nitrogen and oxygen atoms in total. The first-order chi connectivity index (χ1) is 9.56. The molecule has 1 heterocycles. The summed E-state index contributed by atoms with van der Waals surface area (Å²) in [6.45, 7) is 8.59. The molecule has 0 atom stereocenters. The van der Waals surface area contributed by atoms with E-state index in [2.05, 4.69) is 70.2 Å². The summed E-state index contributed by atoms with van der Waals surface area (Å²) in [4.78, 5) is 4.89. The van der Waals surface area contributed by atoms with E-state index in [0.717, 1.165) is 11.2 Å². The van der Waals surface area contributed by atoms with Crippen LogP contribution in [-0.4, -0.2) is 4.98 Å². The van der Waals surface area contributed by atoms with Gasteiger partial charge in [0.25, 0.3) is 0 Å². The molecule has 1 aromatic heterocycles. The highest BCUT2D eigenvalue weighted by Crippen LogP contribution is 2.29. The van der Waals surface area contributed by atoms with Crippen molar-refractivity contribution in [3.8, 4) is 11.3 Å². The standard InChI is InChI=1S/C19H19N/c1-12-8-9-18-16(10-12)11-14(3)19(20-18)17-7-5-6-13(2)15(17)4/h5-11H,1-4H3. The van der Waals surface area contributed by atoms with Crippen LogP contribution in [0.15, 0.2) is 42.5 Å². The summed E-state index contributed by atoms with van der Waals surface area (Å²) in [6, 6.07) is 15.1. The fourth-order valence-electron chi connectivity index (χ4n) is 2.68. The van der Waals surface area contributed by atoms with E-state index in [9.17, 15) is 0 Å². The van der Waals surface area contributed by atoms with Gasteiger partial charge < -0.3 is 0 Å². The number of pyridine rings is 1. The Balaban J connectivity index is 2.29. The molecule has 3 aromatic rings. The highest BCUT2D eigenvalue weighted by molar-refractivity contribution is 5.84. The summed E-state index contributed by atoms with van der Waals surface area (Å²) in [5, 5.41) is 1.22. The van der Waals surface area contributed by atoms with Crippen LogP contribution in [0.3, 0.4) is 0 Å². The Morgan fingerprint density at radius 3 is 2.40 bits per heavy atom. The third-order valence-electron chi connectivity index (χ3n) is 4.02. The molecule has 0 aliphatic rings. The van der Waals surface area contributed by atoms with E-state index >= 15 is 0 Å². The zero-order valence-corrected chi connectivity index (χ0v) is 12.5. The largest absolute Gasteiger partial charge is 0.248 e. The topological polar surface area (TPSA) is 12.9 Å². The SMILES string of the molecule is Cc1ccc2nc(-c3cccc(C)c3C)c(C)cc2c1. The van der Waals surface area contributed by atoms with Crippen molar-refractivity contribution in [2.24, 2.45) is 0 Å².